The van der Waals surface area contributed by atoms with Gasteiger partial charge >= 0.3 is 6.36 Å². The van der Waals surface area contributed by atoms with Crippen LogP contribution in [0.25, 0.3) is 0 Å². The first kappa shape index (κ1) is 17.4. The molecule has 0 bridgehead atoms. The number of hydrogen-bond donors (Lipinski definition) is 0. The number of rotatable bonds is 4. The van der Waals surface area contributed by atoms with E-state index < -0.39 is 16.4 Å². The molecule has 0 aromatic heterocycles. The lowest BCUT2D eigenvalue weighted by Gasteiger charge is -2.38. The fourth-order valence-electron chi connectivity index (χ4n) is 2.77. The van der Waals surface area contributed by atoms with E-state index in [4.69, 9.17) is 0 Å². The van der Waals surface area contributed by atoms with Crippen molar-refractivity contribution >= 4 is 10.0 Å². The van der Waals surface area contributed by atoms with Crippen LogP contribution in [0.2, 0.25) is 0 Å². The Morgan fingerprint density at radius 1 is 0.680 bits per heavy atom. The van der Waals surface area contributed by atoms with Crippen molar-refractivity contribution in [3.8, 4) is 5.75 Å². The molecule has 0 radical (unpaired) electrons. The molecule has 3 rings (SSSR count). The Morgan fingerprint density at radius 2 is 1.12 bits per heavy atom. The van der Waals surface area contributed by atoms with E-state index in [1.54, 1.807) is 18.2 Å². The molecule has 130 valence electrons. The second kappa shape index (κ2) is 6.84. The summed E-state index contributed by atoms with van der Waals surface area (Å²) in [6.07, 6.45) is -2.74. The first-order chi connectivity index (χ1) is 11.9. The molecule has 0 atom stereocenters. The highest BCUT2D eigenvalue weighted by molar-refractivity contribution is 8.33. The summed E-state index contributed by atoms with van der Waals surface area (Å²) in [5.74, 6) is -0.153. The molecular weight excluding hydrogens is 345 g/mol. The molecule has 5 heteroatoms. The Bertz CT molecular complexity index is 793. The highest BCUT2D eigenvalue weighted by Gasteiger charge is 2.35. The summed E-state index contributed by atoms with van der Waals surface area (Å²) in [5, 5.41) is 0. The van der Waals surface area contributed by atoms with E-state index in [-0.39, 0.29) is 5.75 Å². The molecule has 3 aromatic carbocycles. The SMILES string of the molecule is CS(c1ccccc1)(c1ccccc1)c1ccccc1OC(F)(F)F. The molecule has 3 aromatic rings. The van der Waals surface area contributed by atoms with Gasteiger partial charge in [0.25, 0.3) is 0 Å². The van der Waals surface area contributed by atoms with E-state index in [9.17, 15) is 13.2 Å². The van der Waals surface area contributed by atoms with Crippen molar-refractivity contribution in [3.05, 3.63) is 84.9 Å². The number of ether oxygens (including phenoxy) is 1. The molecule has 25 heavy (non-hydrogen) atoms. The second-order valence-corrected chi connectivity index (χ2v) is 8.76. The minimum atomic E-state index is -4.73. The zero-order valence-electron chi connectivity index (χ0n) is 13.5. The minimum absolute atomic E-state index is 0.153. The number of alkyl halides is 3. The van der Waals surface area contributed by atoms with Gasteiger partial charge < -0.3 is 4.74 Å². The van der Waals surface area contributed by atoms with Gasteiger partial charge in [-0.15, -0.1) is 13.2 Å². The summed E-state index contributed by atoms with van der Waals surface area (Å²) in [7, 11) is -1.90. The van der Waals surface area contributed by atoms with Gasteiger partial charge in [0.05, 0.1) is 0 Å². The normalized spacial score (nSPS) is 12.6. The van der Waals surface area contributed by atoms with Crippen LogP contribution < -0.4 is 4.74 Å². The average Bonchev–Trinajstić information content (AvgIpc) is 2.62. The van der Waals surface area contributed by atoms with E-state index in [0.29, 0.717) is 4.90 Å². The van der Waals surface area contributed by atoms with Crippen molar-refractivity contribution in [1.82, 2.24) is 0 Å². The number of para-hydroxylation sites is 1. The number of benzene rings is 3. The first-order valence-corrected chi connectivity index (χ1v) is 9.69. The van der Waals surface area contributed by atoms with Gasteiger partial charge in [-0.2, -0.15) is 10.0 Å². The standard InChI is InChI=1S/C20H17F3OS/c1-25(16-10-4-2-5-11-16,17-12-6-3-7-13-17)19-15-9-8-14-18(19)24-20(21,22)23/h2-15H,1H3. The Morgan fingerprint density at radius 3 is 1.60 bits per heavy atom. The predicted octanol–water partition coefficient (Wildman–Crippen LogP) is 6.50. The van der Waals surface area contributed by atoms with Crippen LogP contribution in [-0.2, 0) is 0 Å². The highest BCUT2D eigenvalue weighted by Crippen LogP contribution is 2.67. The molecule has 0 aliphatic carbocycles. The first-order valence-electron chi connectivity index (χ1n) is 7.64. The lowest BCUT2D eigenvalue weighted by molar-refractivity contribution is -0.275. The monoisotopic (exact) mass is 362 g/mol. The molecule has 0 spiro atoms. The molecular formula is C20H17F3OS. The van der Waals surface area contributed by atoms with Crippen LogP contribution in [0.3, 0.4) is 0 Å². The van der Waals surface area contributed by atoms with Crippen LogP contribution in [0.4, 0.5) is 13.2 Å². The average molecular weight is 362 g/mol. The van der Waals surface area contributed by atoms with Gasteiger partial charge in [0.2, 0.25) is 0 Å². The summed E-state index contributed by atoms with van der Waals surface area (Å²) in [4.78, 5) is 2.49. The summed E-state index contributed by atoms with van der Waals surface area (Å²) >= 11 is 0. The number of hydrogen-bond acceptors (Lipinski definition) is 1. The van der Waals surface area contributed by atoms with Crippen molar-refractivity contribution in [2.24, 2.45) is 0 Å². The molecule has 0 saturated carbocycles. The quantitative estimate of drug-likeness (QED) is 0.515. The van der Waals surface area contributed by atoms with Crippen molar-refractivity contribution in [2.75, 3.05) is 6.26 Å². The Hall–Kier alpha value is -2.40. The van der Waals surface area contributed by atoms with Crippen molar-refractivity contribution < 1.29 is 17.9 Å². The smallest absolute Gasteiger partial charge is 0.405 e. The third-order valence-corrected chi connectivity index (χ3v) is 7.59. The van der Waals surface area contributed by atoms with Gasteiger partial charge in [0, 0.05) is 4.90 Å². The van der Waals surface area contributed by atoms with Gasteiger partial charge in [-0.05, 0) is 52.4 Å². The third kappa shape index (κ3) is 3.66. The van der Waals surface area contributed by atoms with Crippen molar-refractivity contribution in [1.29, 1.82) is 0 Å². The minimum Gasteiger partial charge on any atom is -0.405 e. The van der Waals surface area contributed by atoms with Crippen LogP contribution in [0.15, 0.2) is 99.6 Å². The van der Waals surface area contributed by atoms with E-state index >= 15 is 0 Å². The molecule has 0 aliphatic heterocycles. The molecule has 0 aliphatic rings. The molecule has 0 heterocycles. The van der Waals surface area contributed by atoms with Crippen LogP contribution in [0.5, 0.6) is 5.75 Å². The summed E-state index contributed by atoms with van der Waals surface area (Å²) in [6.45, 7) is 0. The summed E-state index contributed by atoms with van der Waals surface area (Å²) in [5.41, 5.74) is 0. The zero-order valence-corrected chi connectivity index (χ0v) is 14.3. The maximum atomic E-state index is 12.9. The van der Waals surface area contributed by atoms with Gasteiger partial charge in [0.15, 0.2) is 0 Å². The van der Waals surface area contributed by atoms with Crippen molar-refractivity contribution in [3.63, 3.8) is 0 Å². The van der Waals surface area contributed by atoms with Crippen LogP contribution in [-0.4, -0.2) is 12.6 Å². The highest BCUT2D eigenvalue weighted by atomic mass is 32.3. The lowest BCUT2D eigenvalue weighted by atomic mass is 10.3. The number of halogens is 3. The van der Waals surface area contributed by atoms with Gasteiger partial charge in [0.1, 0.15) is 5.75 Å². The zero-order chi connectivity index (χ0) is 17.9. The molecule has 0 fully saturated rings. The summed E-state index contributed by atoms with van der Waals surface area (Å²) < 4.78 is 43.0. The van der Waals surface area contributed by atoms with E-state index in [1.807, 2.05) is 66.9 Å². The Kier molecular flexibility index (Phi) is 4.77. The third-order valence-electron chi connectivity index (χ3n) is 3.94. The lowest BCUT2D eigenvalue weighted by Crippen LogP contribution is -2.18. The Balaban J connectivity index is 2.24. The topological polar surface area (TPSA) is 9.23 Å². The molecule has 0 amide bonds. The maximum absolute atomic E-state index is 12.9. The second-order valence-electron chi connectivity index (χ2n) is 5.54. The molecule has 0 unspecified atom stereocenters. The van der Waals surface area contributed by atoms with Crippen LogP contribution in [0, 0.1) is 0 Å². The fraction of sp³-hybridized carbons (Fsp3) is 0.100. The van der Waals surface area contributed by atoms with E-state index in [2.05, 4.69) is 4.74 Å². The predicted molar refractivity (Wildman–Crippen MR) is 94.3 cm³/mol. The van der Waals surface area contributed by atoms with Crippen molar-refractivity contribution in [2.45, 2.75) is 21.0 Å². The van der Waals surface area contributed by atoms with Gasteiger partial charge in [-0.3, -0.25) is 0 Å². The van der Waals surface area contributed by atoms with E-state index in [0.717, 1.165) is 9.79 Å². The molecule has 0 saturated heterocycles. The maximum Gasteiger partial charge on any atom is 0.573 e. The summed E-state index contributed by atoms with van der Waals surface area (Å²) in [6, 6.07) is 25.6. The molecule has 1 nitrogen and oxygen atoms in total. The van der Waals surface area contributed by atoms with E-state index in [1.165, 1.54) is 6.07 Å². The van der Waals surface area contributed by atoms with Gasteiger partial charge in [-0.1, -0.05) is 48.5 Å². The largest absolute Gasteiger partial charge is 0.573 e. The Labute approximate surface area is 146 Å². The van der Waals surface area contributed by atoms with Crippen LogP contribution >= 0.6 is 10.0 Å². The van der Waals surface area contributed by atoms with Gasteiger partial charge in [-0.25, -0.2) is 0 Å². The molecule has 0 N–H and O–H groups in total. The van der Waals surface area contributed by atoms with Crippen LogP contribution in [0.1, 0.15) is 0 Å². The fourth-order valence-corrected chi connectivity index (χ4v) is 5.82.